The molecule has 0 N–H and O–H groups in total. The standard InChI is InChI=1S/C25H27N5O4S/c1-2-30-23(18-8-4-3-5-9-18)26-27-25(30)35-17-22(31)28-12-14-29(15-13-28)24(32)21-16-33-19-10-6-7-11-20(19)34-21/h3-11,21H,2,12-17H2,1H3. The maximum atomic E-state index is 12.9. The van der Waals surface area contributed by atoms with E-state index in [2.05, 4.69) is 10.2 Å². The topological polar surface area (TPSA) is 89.8 Å². The summed E-state index contributed by atoms with van der Waals surface area (Å²) in [6.07, 6.45) is -0.665. The number of para-hydroxylation sites is 2. The number of hydrogen-bond donors (Lipinski definition) is 0. The van der Waals surface area contributed by atoms with Gasteiger partial charge < -0.3 is 23.8 Å². The SMILES string of the molecule is CCn1c(SCC(=O)N2CCN(C(=O)C3COc4ccccc4O3)CC2)nnc1-c1ccccc1. The van der Waals surface area contributed by atoms with Gasteiger partial charge in [0.15, 0.2) is 22.5 Å². The van der Waals surface area contributed by atoms with Crippen molar-refractivity contribution in [2.75, 3.05) is 38.5 Å². The monoisotopic (exact) mass is 493 g/mol. The van der Waals surface area contributed by atoms with Gasteiger partial charge in [0.05, 0.1) is 5.75 Å². The number of carbonyl (C=O) groups is 2. The Balaban J connectivity index is 1.13. The Morgan fingerprint density at radius 1 is 0.943 bits per heavy atom. The number of thioether (sulfide) groups is 1. The second kappa shape index (κ2) is 10.4. The summed E-state index contributed by atoms with van der Waals surface area (Å²) in [6.45, 7) is 4.87. The number of fused-ring (bicyclic) bond motifs is 1. The molecule has 0 spiro atoms. The van der Waals surface area contributed by atoms with Crippen LogP contribution in [-0.2, 0) is 16.1 Å². The molecule has 2 amide bonds. The van der Waals surface area contributed by atoms with Gasteiger partial charge in [0.2, 0.25) is 12.0 Å². The summed E-state index contributed by atoms with van der Waals surface area (Å²) in [5.74, 6) is 2.23. The molecule has 35 heavy (non-hydrogen) atoms. The average Bonchev–Trinajstić information content (AvgIpc) is 3.34. The van der Waals surface area contributed by atoms with Crippen molar-refractivity contribution >= 4 is 23.6 Å². The Labute approximate surface area is 208 Å². The van der Waals surface area contributed by atoms with Gasteiger partial charge in [-0.2, -0.15) is 0 Å². The molecular formula is C25H27N5O4S. The molecule has 1 aromatic heterocycles. The van der Waals surface area contributed by atoms with Crippen molar-refractivity contribution in [3.8, 4) is 22.9 Å². The van der Waals surface area contributed by atoms with Crippen LogP contribution in [0, 0.1) is 0 Å². The minimum absolute atomic E-state index is 0.0280. The van der Waals surface area contributed by atoms with Crippen molar-refractivity contribution in [3.63, 3.8) is 0 Å². The van der Waals surface area contributed by atoms with Gasteiger partial charge in [-0.15, -0.1) is 10.2 Å². The van der Waals surface area contributed by atoms with Crippen LogP contribution in [0.15, 0.2) is 59.8 Å². The fourth-order valence-corrected chi connectivity index (χ4v) is 5.13. The molecule has 1 saturated heterocycles. The van der Waals surface area contributed by atoms with Crippen LogP contribution in [0.3, 0.4) is 0 Å². The molecule has 1 unspecified atom stereocenters. The zero-order valence-electron chi connectivity index (χ0n) is 19.5. The minimum Gasteiger partial charge on any atom is -0.485 e. The van der Waals surface area contributed by atoms with Crippen LogP contribution < -0.4 is 9.47 Å². The van der Waals surface area contributed by atoms with Gasteiger partial charge in [0, 0.05) is 38.3 Å². The van der Waals surface area contributed by atoms with Gasteiger partial charge >= 0.3 is 0 Å². The summed E-state index contributed by atoms with van der Waals surface area (Å²) < 4.78 is 13.5. The average molecular weight is 494 g/mol. The molecule has 5 rings (SSSR count). The van der Waals surface area contributed by atoms with Crippen LogP contribution in [0.5, 0.6) is 11.5 Å². The number of ether oxygens (including phenoxy) is 2. The van der Waals surface area contributed by atoms with E-state index in [4.69, 9.17) is 9.47 Å². The maximum Gasteiger partial charge on any atom is 0.267 e. The molecule has 0 radical (unpaired) electrons. The van der Waals surface area contributed by atoms with E-state index in [9.17, 15) is 9.59 Å². The summed E-state index contributed by atoms with van der Waals surface area (Å²) >= 11 is 1.39. The quantitative estimate of drug-likeness (QED) is 0.488. The molecule has 0 saturated carbocycles. The summed E-state index contributed by atoms with van der Waals surface area (Å²) in [6, 6.07) is 17.2. The van der Waals surface area contributed by atoms with Gasteiger partial charge in [0.25, 0.3) is 5.91 Å². The first kappa shape index (κ1) is 23.2. The number of rotatable bonds is 6. The zero-order valence-corrected chi connectivity index (χ0v) is 20.3. The third-order valence-corrected chi connectivity index (χ3v) is 7.07. The Bertz CT molecular complexity index is 1190. The Hall–Kier alpha value is -3.53. The second-order valence-electron chi connectivity index (χ2n) is 8.28. The van der Waals surface area contributed by atoms with Crippen molar-refractivity contribution in [1.29, 1.82) is 0 Å². The zero-order chi connectivity index (χ0) is 24.2. The van der Waals surface area contributed by atoms with Crippen LogP contribution in [0.1, 0.15) is 6.92 Å². The van der Waals surface area contributed by atoms with E-state index in [1.807, 2.05) is 60.0 Å². The molecule has 2 aliphatic rings. The van der Waals surface area contributed by atoms with Gasteiger partial charge in [-0.3, -0.25) is 9.59 Å². The Morgan fingerprint density at radius 2 is 1.63 bits per heavy atom. The molecule has 2 aliphatic heterocycles. The fourth-order valence-electron chi connectivity index (χ4n) is 4.22. The third kappa shape index (κ3) is 4.97. The molecule has 182 valence electrons. The van der Waals surface area contributed by atoms with Crippen LogP contribution in [0.4, 0.5) is 0 Å². The predicted octanol–water partition coefficient (Wildman–Crippen LogP) is 2.57. The number of amides is 2. The van der Waals surface area contributed by atoms with Crippen molar-refractivity contribution in [3.05, 3.63) is 54.6 Å². The molecule has 3 aromatic rings. The highest BCUT2D eigenvalue weighted by molar-refractivity contribution is 7.99. The number of carbonyl (C=O) groups excluding carboxylic acids is 2. The van der Waals surface area contributed by atoms with E-state index in [1.54, 1.807) is 15.9 Å². The molecule has 0 aliphatic carbocycles. The molecule has 1 atom stereocenters. The normalized spacial score (nSPS) is 17.3. The number of benzene rings is 2. The molecule has 2 aromatic carbocycles. The maximum absolute atomic E-state index is 12.9. The predicted molar refractivity (Wildman–Crippen MR) is 131 cm³/mol. The molecule has 0 bridgehead atoms. The lowest BCUT2D eigenvalue weighted by molar-refractivity contribution is -0.145. The number of nitrogens with zero attached hydrogens (tertiary/aromatic N) is 5. The van der Waals surface area contributed by atoms with E-state index in [1.165, 1.54) is 11.8 Å². The van der Waals surface area contributed by atoms with Crippen molar-refractivity contribution in [2.45, 2.75) is 24.7 Å². The lowest BCUT2D eigenvalue weighted by Crippen LogP contribution is -2.55. The van der Waals surface area contributed by atoms with Crippen LogP contribution in [0.25, 0.3) is 11.4 Å². The fraction of sp³-hybridized carbons (Fsp3) is 0.360. The second-order valence-corrected chi connectivity index (χ2v) is 9.22. The van der Waals surface area contributed by atoms with Crippen molar-refractivity contribution in [1.82, 2.24) is 24.6 Å². The third-order valence-electron chi connectivity index (χ3n) is 6.12. The first-order valence-electron chi connectivity index (χ1n) is 11.7. The highest BCUT2D eigenvalue weighted by Crippen LogP contribution is 2.31. The van der Waals surface area contributed by atoms with Crippen LogP contribution >= 0.6 is 11.8 Å². The first-order chi connectivity index (χ1) is 17.1. The summed E-state index contributed by atoms with van der Waals surface area (Å²) in [4.78, 5) is 29.3. The van der Waals surface area contributed by atoms with Crippen molar-refractivity contribution in [2.24, 2.45) is 0 Å². The first-order valence-corrected chi connectivity index (χ1v) is 12.7. The minimum atomic E-state index is -0.665. The largest absolute Gasteiger partial charge is 0.485 e. The van der Waals surface area contributed by atoms with E-state index in [0.717, 1.165) is 16.5 Å². The molecule has 1 fully saturated rings. The molecule has 9 nitrogen and oxygen atoms in total. The van der Waals surface area contributed by atoms with Gasteiger partial charge in [-0.25, -0.2) is 0 Å². The lowest BCUT2D eigenvalue weighted by Gasteiger charge is -2.37. The number of hydrogen-bond acceptors (Lipinski definition) is 7. The Kier molecular flexibility index (Phi) is 6.89. The van der Waals surface area contributed by atoms with E-state index in [-0.39, 0.29) is 24.2 Å². The number of piperazine rings is 1. The number of aromatic nitrogens is 3. The van der Waals surface area contributed by atoms with Gasteiger partial charge in [-0.05, 0) is 19.1 Å². The lowest BCUT2D eigenvalue weighted by atomic mass is 10.2. The molecule has 3 heterocycles. The van der Waals surface area contributed by atoms with E-state index >= 15 is 0 Å². The van der Waals surface area contributed by atoms with Crippen LogP contribution in [0.2, 0.25) is 0 Å². The summed E-state index contributed by atoms with van der Waals surface area (Å²) in [5, 5.41) is 9.37. The van der Waals surface area contributed by atoms with Crippen molar-refractivity contribution < 1.29 is 19.1 Å². The van der Waals surface area contributed by atoms with E-state index < -0.39 is 6.10 Å². The van der Waals surface area contributed by atoms with E-state index in [0.29, 0.717) is 44.2 Å². The Morgan fingerprint density at radius 3 is 2.37 bits per heavy atom. The highest BCUT2D eigenvalue weighted by Gasteiger charge is 2.33. The molecular weight excluding hydrogens is 466 g/mol. The smallest absolute Gasteiger partial charge is 0.267 e. The van der Waals surface area contributed by atoms with Gasteiger partial charge in [0.1, 0.15) is 6.61 Å². The van der Waals surface area contributed by atoms with Gasteiger partial charge in [-0.1, -0.05) is 54.2 Å². The molecule has 10 heteroatoms. The summed E-state index contributed by atoms with van der Waals surface area (Å²) in [7, 11) is 0. The highest BCUT2D eigenvalue weighted by atomic mass is 32.2. The summed E-state index contributed by atoms with van der Waals surface area (Å²) in [5.41, 5.74) is 0.997. The van der Waals surface area contributed by atoms with Crippen LogP contribution in [-0.4, -0.2) is 81.0 Å².